The van der Waals surface area contributed by atoms with Crippen molar-refractivity contribution in [3.8, 4) is 17.2 Å². The van der Waals surface area contributed by atoms with E-state index in [2.05, 4.69) is 0 Å². The van der Waals surface area contributed by atoms with Gasteiger partial charge in [0, 0.05) is 18.9 Å². The maximum Gasteiger partial charge on any atom is 0.199 e. The van der Waals surface area contributed by atoms with Crippen LogP contribution >= 0.6 is 0 Å². The maximum atomic E-state index is 12.5. The first-order valence-electron chi connectivity index (χ1n) is 8.43. The molecule has 1 atom stereocenters. The number of aromatic hydroxyl groups is 1. The summed E-state index contributed by atoms with van der Waals surface area (Å²) in [6.07, 6.45) is 2.84. The highest BCUT2D eigenvalue weighted by Crippen LogP contribution is 2.27. The molecule has 2 aromatic carbocycles. The molecule has 2 aromatic rings. The van der Waals surface area contributed by atoms with Crippen molar-refractivity contribution in [2.24, 2.45) is 0 Å². The molecule has 1 unspecified atom stereocenters. The number of methoxy groups -OCH3 is 1. The summed E-state index contributed by atoms with van der Waals surface area (Å²) in [5, 5.41) is 10.2. The second kappa shape index (κ2) is 8.03. The van der Waals surface area contributed by atoms with E-state index in [0.717, 1.165) is 24.8 Å². The van der Waals surface area contributed by atoms with Crippen LogP contribution in [0.5, 0.6) is 17.2 Å². The fraction of sp³-hybridized carbons (Fsp3) is 0.350. The lowest BCUT2D eigenvalue weighted by atomic mass is 10.0. The van der Waals surface area contributed by atoms with Gasteiger partial charge in [0.1, 0.15) is 17.2 Å². The second-order valence-corrected chi connectivity index (χ2v) is 6.04. The largest absolute Gasteiger partial charge is 0.507 e. The van der Waals surface area contributed by atoms with Crippen LogP contribution in [0.1, 0.15) is 35.2 Å². The Morgan fingerprint density at radius 2 is 2.08 bits per heavy atom. The van der Waals surface area contributed by atoms with Crippen molar-refractivity contribution in [3.63, 3.8) is 0 Å². The van der Waals surface area contributed by atoms with Crippen LogP contribution in [0.4, 0.5) is 0 Å². The Morgan fingerprint density at radius 3 is 2.80 bits per heavy atom. The highest BCUT2D eigenvalue weighted by molar-refractivity contribution is 6.00. The van der Waals surface area contributed by atoms with E-state index in [1.807, 2.05) is 24.3 Å². The molecule has 25 heavy (non-hydrogen) atoms. The number of hydrogen-bond donors (Lipinski definition) is 1. The zero-order valence-electron chi connectivity index (χ0n) is 14.2. The molecule has 1 aliphatic heterocycles. The van der Waals surface area contributed by atoms with Gasteiger partial charge in [-0.25, -0.2) is 0 Å². The van der Waals surface area contributed by atoms with Gasteiger partial charge in [0.15, 0.2) is 12.1 Å². The molecule has 3 rings (SSSR count). The van der Waals surface area contributed by atoms with E-state index >= 15 is 0 Å². The molecule has 1 saturated heterocycles. The van der Waals surface area contributed by atoms with E-state index < -0.39 is 0 Å². The summed E-state index contributed by atoms with van der Waals surface area (Å²) in [6.45, 7) is 0.688. The fourth-order valence-corrected chi connectivity index (χ4v) is 2.84. The number of ether oxygens (including phenoxy) is 3. The Hall–Kier alpha value is -2.53. The molecule has 1 N–H and O–H groups in total. The molecular weight excluding hydrogens is 320 g/mol. The third-order valence-electron chi connectivity index (χ3n) is 4.17. The van der Waals surface area contributed by atoms with Crippen LogP contribution in [0.3, 0.4) is 0 Å². The van der Waals surface area contributed by atoms with Gasteiger partial charge in [0.2, 0.25) is 0 Å². The monoisotopic (exact) mass is 342 g/mol. The molecule has 0 aliphatic carbocycles. The smallest absolute Gasteiger partial charge is 0.199 e. The maximum absolute atomic E-state index is 12.5. The van der Waals surface area contributed by atoms with E-state index in [1.54, 1.807) is 19.2 Å². The molecule has 0 saturated carbocycles. The molecular formula is C20H22O5. The third-order valence-corrected chi connectivity index (χ3v) is 4.17. The highest BCUT2D eigenvalue weighted by atomic mass is 16.7. The van der Waals surface area contributed by atoms with Crippen molar-refractivity contribution in [1.29, 1.82) is 0 Å². The van der Waals surface area contributed by atoms with Crippen molar-refractivity contribution in [3.05, 3.63) is 53.6 Å². The van der Waals surface area contributed by atoms with E-state index in [1.165, 1.54) is 6.07 Å². The van der Waals surface area contributed by atoms with Crippen LogP contribution in [0.2, 0.25) is 0 Å². The summed E-state index contributed by atoms with van der Waals surface area (Å²) in [5.74, 6) is 0.959. The third kappa shape index (κ3) is 4.51. The van der Waals surface area contributed by atoms with Gasteiger partial charge in [0.25, 0.3) is 0 Å². The van der Waals surface area contributed by atoms with Gasteiger partial charge in [-0.15, -0.1) is 0 Å². The molecule has 1 aliphatic rings. The van der Waals surface area contributed by atoms with E-state index in [9.17, 15) is 9.90 Å². The molecule has 1 fully saturated rings. The van der Waals surface area contributed by atoms with Crippen LogP contribution in [0, 0.1) is 0 Å². The number of ketones is 1. The molecule has 0 bridgehead atoms. The van der Waals surface area contributed by atoms with Crippen LogP contribution in [0.15, 0.2) is 42.5 Å². The standard InChI is InChI=1S/C20H22O5/c1-23-15-6-4-5-14(11-15)12-18(21)17-9-8-16(13-19(17)22)25-20-7-2-3-10-24-20/h4-6,8-9,11,13,20,22H,2-3,7,10,12H2,1H3. The molecule has 5 heteroatoms. The second-order valence-electron chi connectivity index (χ2n) is 6.04. The zero-order valence-corrected chi connectivity index (χ0v) is 14.2. The number of rotatable bonds is 6. The van der Waals surface area contributed by atoms with Crippen molar-refractivity contribution in [2.45, 2.75) is 32.0 Å². The predicted molar refractivity (Wildman–Crippen MR) is 93.4 cm³/mol. The SMILES string of the molecule is COc1cccc(CC(=O)c2ccc(OC3CCCCO3)cc2O)c1. The predicted octanol–water partition coefficient (Wildman–Crippen LogP) is 3.73. The number of carbonyl (C=O) groups is 1. The average molecular weight is 342 g/mol. The minimum atomic E-state index is -0.286. The van der Waals surface area contributed by atoms with E-state index in [-0.39, 0.29) is 29.8 Å². The Balaban J connectivity index is 1.68. The van der Waals surface area contributed by atoms with Crippen molar-refractivity contribution < 1.29 is 24.1 Å². The number of benzene rings is 2. The van der Waals surface area contributed by atoms with Gasteiger partial charge in [-0.1, -0.05) is 12.1 Å². The summed E-state index contributed by atoms with van der Waals surface area (Å²) in [6, 6.07) is 12.1. The summed E-state index contributed by atoms with van der Waals surface area (Å²) >= 11 is 0. The number of phenols is 1. The van der Waals surface area contributed by atoms with Crippen LogP contribution in [-0.2, 0) is 11.2 Å². The topological polar surface area (TPSA) is 65.0 Å². The normalized spacial score (nSPS) is 17.1. The van der Waals surface area contributed by atoms with Crippen molar-refractivity contribution in [2.75, 3.05) is 13.7 Å². The minimum absolute atomic E-state index is 0.0822. The van der Waals surface area contributed by atoms with Crippen molar-refractivity contribution >= 4 is 5.78 Å². The quantitative estimate of drug-likeness (QED) is 0.810. The summed E-state index contributed by atoms with van der Waals surface area (Å²) < 4.78 is 16.4. The first-order chi connectivity index (χ1) is 12.2. The van der Waals surface area contributed by atoms with Gasteiger partial charge in [-0.05, 0) is 42.7 Å². The van der Waals surface area contributed by atoms with Gasteiger partial charge in [0.05, 0.1) is 19.3 Å². The highest BCUT2D eigenvalue weighted by Gasteiger charge is 2.17. The molecule has 0 radical (unpaired) electrons. The molecule has 0 amide bonds. The minimum Gasteiger partial charge on any atom is -0.507 e. The van der Waals surface area contributed by atoms with E-state index in [0.29, 0.717) is 18.1 Å². The molecule has 132 valence electrons. The lowest BCUT2D eigenvalue weighted by molar-refractivity contribution is -0.105. The average Bonchev–Trinajstić information content (AvgIpc) is 2.62. The van der Waals surface area contributed by atoms with Crippen LogP contribution < -0.4 is 9.47 Å². The lowest BCUT2D eigenvalue weighted by Crippen LogP contribution is -2.24. The number of Topliss-reactive ketones (excluding diaryl/α,β-unsaturated/α-hetero) is 1. The summed E-state index contributed by atoms with van der Waals surface area (Å²) in [4.78, 5) is 12.5. The van der Waals surface area contributed by atoms with Gasteiger partial charge in [-0.2, -0.15) is 0 Å². The molecule has 1 heterocycles. The van der Waals surface area contributed by atoms with Crippen LogP contribution in [-0.4, -0.2) is 30.9 Å². The number of carbonyl (C=O) groups excluding carboxylic acids is 1. The zero-order chi connectivity index (χ0) is 17.6. The van der Waals surface area contributed by atoms with Crippen molar-refractivity contribution in [1.82, 2.24) is 0 Å². The van der Waals surface area contributed by atoms with Gasteiger partial charge >= 0.3 is 0 Å². The Kier molecular flexibility index (Phi) is 5.56. The molecule has 0 spiro atoms. The summed E-state index contributed by atoms with van der Waals surface area (Å²) in [5.41, 5.74) is 1.11. The first-order valence-corrected chi connectivity index (χ1v) is 8.43. The Labute approximate surface area is 147 Å². The summed E-state index contributed by atoms with van der Waals surface area (Å²) in [7, 11) is 1.58. The fourth-order valence-electron chi connectivity index (χ4n) is 2.84. The Morgan fingerprint density at radius 1 is 1.20 bits per heavy atom. The Bertz CT molecular complexity index is 735. The van der Waals surface area contributed by atoms with Gasteiger partial charge < -0.3 is 19.3 Å². The van der Waals surface area contributed by atoms with Crippen LogP contribution in [0.25, 0.3) is 0 Å². The van der Waals surface area contributed by atoms with Gasteiger partial charge in [-0.3, -0.25) is 4.79 Å². The number of phenolic OH excluding ortho intramolecular Hbond substituents is 1. The van der Waals surface area contributed by atoms with E-state index in [4.69, 9.17) is 14.2 Å². The first kappa shape index (κ1) is 17.3. The lowest BCUT2D eigenvalue weighted by Gasteiger charge is -2.23. The number of hydrogen-bond acceptors (Lipinski definition) is 5. The molecule has 0 aromatic heterocycles. The molecule has 5 nitrogen and oxygen atoms in total.